The van der Waals surface area contributed by atoms with Crippen molar-refractivity contribution in [3.8, 4) is 0 Å². The van der Waals surface area contributed by atoms with Crippen molar-refractivity contribution in [1.29, 1.82) is 0 Å². The highest BCUT2D eigenvalue weighted by atomic mass is 19.1. The van der Waals surface area contributed by atoms with Crippen LogP contribution in [0.3, 0.4) is 0 Å². The van der Waals surface area contributed by atoms with E-state index in [1.807, 2.05) is 0 Å². The third-order valence-corrected chi connectivity index (χ3v) is 4.33. The Kier molecular flexibility index (Phi) is 4.33. The van der Waals surface area contributed by atoms with Crippen LogP contribution in [0.25, 0.3) is 11.0 Å². The fourth-order valence-corrected chi connectivity index (χ4v) is 2.98. The Morgan fingerprint density at radius 2 is 1.48 bits per heavy atom. The number of hydrogen-bond donors (Lipinski definition) is 0. The first kappa shape index (κ1) is 16.8. The number of pyridine rings is 2. The molecule has 0 saturated heterocycles. The molecule has 0 atom stereocenters. The van der Waals surface area contributed by atoms with Gasteiger partial charge in [-0.3, -0.25) is 18.9 Å². The zero-order valence-electron chi connectivity index (χ0n) is 14.2. The van der Waals surface area contributed by atoms with Crippen molar-refractivity contribution in [3.05, 3.63) is 105 Å². The minimum Gasteiger partial charge on any atom is -0.287 e. The van der Waals surface area contributed by atoms with Gasteiger partial charge in [-0.15, -0.1) is 0 Å². The Morgan fingerprint density at radius 1 is 0.815 bits per heavy atom. The molecule has 3 aromatic heterocycles. The molecule has 0 saturated carbocycles. The summed E-state index contributed by atoms with van der Waals surface area (Å²) in [5.74, 6) is -0.347. The van der Waals surface area contributed by atoms with Gasteiger partial charge in [-0.2, -0.15) is 0 Å². The van der Waals surface area contributed by atoms with Crippen LogP contribution in [-0.4, -0.2) is 19.1 Å². The van der Waals surface area contributed by atoms with Gasteiger partial charge in [0.05, 0.1) is 18.6 Å². The van der Waals surface area contributed by atoms with E-state index >= 15 is 0 Å². The number of rotatable bonds is 4. The van der Waals surface area contributed by atoms with Gasteiger partial charge in [-0.05, 0) is 47.5 Å². The Bertz CT molecular complexity index is 1210. The second-order valence-corrected chi connectivity index (χ2v) is 6.11. The van der Waals surface area contributed by atoms with Gasteiger partial charge in [0.2, 0.25) is 0 Å². The summed E-state index contributed by atoms with van der Waals surface area (Å²) in [6.07, 6.45) is 4.74. The highest BCUT2D eigenvalue weighted by molar-refractivity contribution is 5.73. The molecule has 0 bridgehead atoms. The Morgan fingerprint density at radius 3 is 2.22 bits per heavy atom. The van der Waals surface area contributed by atoms with E-state index in [0.29, 0.717) is 5.52 Å². The summed E-state index contributed by atoms with van der Waals surface area (Å²) in [5, 5.41) is 0. The monoisotopic (exact) mass is 362 g/mol. The maximum absolute atomic E-state index is 13.2. The minimum atomic E-state index is -0.443. The molecule has 0 unspecified atom stereocenters. The molecule has 134 valence electrons. The molecule has 27 heavy (non-hydrogen) atoms. The predicted molar refractivity (Wildman–Crippen MR) is 99.1 cm³/mol. The summed E-state index contributed by atoms with van der Waals surface area (Å²) < 4.78 is 15.8. The van der Waals surface area contributed by atoms with Gasteiger partial charge in [0.15, 0.2) is 5.52 Å². The average Bonchev–Trinajstić information content (AvgIpc) is 2.71. The van der Waals surface area contributed by atoms with Crippen LogP contribution in [0.5, 0.6) is 0 Å². The molecule has 0 aliphatic carbocycles. The zero-order chi connectivity index (χ0) is 18.8. The molecule has 4 aromatic rings. The van der Waals surface area contributed by atoms with E-state index in [-0.39, 0.29) is 24.4 Å². The second kappa shape index (κ2) is 6.95. The van der Waals surface area contributed by atoms with Gasteiger partial charge >= 0.3 is 5.69 Å². The van der Waals surface area contributed by atoms with Crippen LogP contribution in [0.2, 0.25) is 0 Å². The van der Waals surface area contributed by atoms with Crippen LogP contribution < -0.4 is 11.2 Å². The third-order valence-electron chi connectivity index (χ3n) is 4.33. The first-order valence-corrected chi connectivity index (χ1v) is 8.35. The van der Waals surface area contributed by atoms with Crippen molar-refractivity contribution >= 4 is 11.0 Å². The van der Waals surface area contributed by atoms with Crippen LogP contribution in [0, 0.1) is 5.82 Å². The molecule has 0 radical (unpaired) electrons. The Labute approximate surface area is 153 Å². The molecule has 4 rings (SSSR count). The number of hydrogen-bond acceptors (Lipinski definition) is 4. The number of nitrogens with zero attached hydrogens (tertiary/aromatic N) is 4. The van der Waals surface area contributed by atoms with Crippen LogP contribution in [0.1, 0.15) is 11.1 Å². The Balaban J connectivity index is 1.90. The van der Waals surface area contributed by atoms with Crippen LogP contribution >= 0.6 is 0 Å². The standard InChI is InChI=1S/C20H15FN4O2/c21-16-5-3-14(4-6-16)12-24-17-2-1-9-23-18(17)19(26)25(20(24)27)13-15-7-10-22-11-8-15/h1-11H,12-13H2. The molecule has 0 N–H and O–H groups in total. The van der Waals surface area contributed by atoms with E-state index in [2.05, 4.69) is 9.97 Å². The smallest absolute Gasteiger partial charge is 0.287 e. The van der Waals surface area contributed by atoms with Gasteiger partial charge < -0.3 is 0 Å². The quantitative estimate of drug-likeness (QED) is 0.558. The highest BCUT2D eigenvalue weighted by Crippen LogP contribution is 2.10. The zero-order valence-corrected chi connectivity index (χ0v) is 14.2. The molecule has 0 aliphatic rings. The van der Waals surface area contributed by atoms with Crippen LogP contribution in [0.4, 0.5) is 4.39 Å². The van der Waals surface area contributed by atoms with Gasteiger partial charge in [0, 0.05) is 18.6 Å². The van der Waals surface area contributed by atoms with E-state index in [9.17, 15) is 14.0 Å². The van der Waals surface area contributed by atoms with Crippen molar-refractivity contribution < 1.29 is 4.39 Å². The topological polar surface area (TPSA) is 69.8 Å². The van der Waals surface area contributed by atoms with Gasteiger partial charge in [0.25, 0.3) is 5.56 Å². The van der Waals surface area contributed by atoms with Crippen molar-refractivity contribution in [2.24, 2.45) is 0 Å². The number of aromatic nitrogens is 4. The maximum Gasteiger partial charge on any atom is 0.332 e. The largest absolute Gasteiger partial charge is 0.332 e. The van der Waals surface area contributed by atoms with Crippen molar-refractivity contribution in [2.75, 3.05) is 0 Å². The average molecular weight is 362 g/mol. The molecule has 0 amide bonds. The number of benzene rings is 1. The maximum atomic E-state index is 13.2. The molecule has 0 fully saturated rings. The third kappa shape index (κ3) is 3.27. The summed E-state index contributed by atoms with van der Waals surface area (Å²) >= 11 is 0. The minimum absolute atomic E-state index is 0.121. The predicted octanol–water partition coefficient (Wildman–Crippen LogP) is 2.19. The molecular formula is C20H15FN4O2. The fraction of sp³-hybridized carbons (Fsp3) is 0.100. The first-order chi connectivity index (χ1) is 13.1. The molecule has 3 heterocycles. The Hall–Kier alpha value is -3.61. The lowest BCUT2D eigenvalue weighted by Crippen LogP contribution is -2.40. The van der Waals surface area contributed by atoms with Crippen molar-refractivity contribution in [1.82, 2.24) is 19.1 Å². The SMILES string of the molecule is O=c1c2ncccc2n(Cc2ccc(F)cc2)c(=O)n1Cc1ccncc1. The second-order valence-electron chi connectivity index (χ2n) is 6.11. The van der Waals surface area contributed by atoms with E-state index in [1.165, 1.54) is 22.9 Å². The van der Waals surface area contributed by atoms with Gasteiger partial charge in [0.1, 0.15) is 5.82 Å². The summed E-state index contributed by atoms with van der Waals surface area (Å²) in [5.41, 5.74) is 1.31. The van der Waals surface area contributed by atoms with E-state index in [0.717, 1.165) is 15.7 Å². The highest BCUT2D eigenvalue weighted by Gasteiger charge is 2.14. The number of fused-ring (bicyclic) bond motifs is 1. The summed E-state index contributed by atoms with van der Waals surface area (Å²) in [4.78, 5) is 34.0. The lowest BCUT2D eigenvalue weighted by molar-refractivity contribution is 0.620. The van der Waals surface area contributed by atoms with Crippen LogP contribution in [0.15, 0.2) is 76.7 Å². The molecule has 0 aliphatic heterocycles. The van der Waals surface area contributed by atoms with Crippen LogP contribution in [-0.2, 0) is 13.1 Å². The molecule has 0 spiro atoms. The summed E-state index contributed by atoms with van der Waals surface area (Å²) in [6.45, 7) is 0.327. The number of halogens is 1. The molecular weight excluding hydrogens is 347 g/mol. The lowest BCUT2D eigenvalue weighted by Gasteiger charge is -2.14. The lowest BCUT2D eigenvalue weighted by atomic mass is 10.2. The molecule has 7 heteroatoms. The first-order valence-electron chi connectivity index (χ1n) is 8.35. The van der Waals surface area contributed by atoms with Gasteiger partial charge in [-0.1, -0.05) is 12.1 Å². The van der Waals surface area contributed by atoms with E-state index < -0.39 is 11.2 Å². The van der Waals surface area contributed by atoms with E-state index in [4.69, 9.17) is 0 Å². The molecule has 1 aromatic carbocycles. The fourth-order valence-electron chi connectivity index (χ4n) is 2.98. The van der Waals surface area contributed by atoms with E-state index in [1.54, 1.807) is 48.8 Å². The normalized spacial score (nSPS) is 11.0. The summed E-state index contributed by atoms with van der Waals surface area (Å²) in [6, 6.07) is 12.8. The van der Waals surface area contributed by atoms with Crippen molar-refractivity contribution in [3.63, 3.8) is 0 Å². The summed E-state index contributed by atoms with van der Waals surface area (Å²) in [7, 11) is 0. The van der Waals surface area contributed by atoms with Gasteiger partial charge in [-0.25, -0.2) is 14.2 Å². The van der Waals surface area contributed by atoms with Crippen molar-refractivity contribution in [2.45, 2.75) is 13.1 Å². The molecule has 6 nitrogen and oxygen atoms in total.